The molecule has 1 heterocycles. The molecule has 1 atom stereocenters. The maximum atomic E-state index is 13.0. The smallest absolute Gasteiger partial charge is 0.282 e. The van der Waals surface area contributed by atoms with E-state index in [2.05, 4.69) is 19.2 Å². The zero-order chi connectivity index (χ0) is 15.7. The molecule has 21 heavy (non-hydrogen) atoms. The maximum absolute atomic E-state index is 13.0. The predicted molar refractivity (Wildman–Crippen MR) is 88.6 cm³/mol. The van der Waals surface area contributed by atoms with Crippen molar-refractivity contribution in [1.29, 1.82) is 0 Å². The first-order valence-corrected chi connectivity index (χ1v) is 9.89. The van der Waals surface area contributed by atoms with Crippen molar-refractivity contribution >= 4 is 10.2 Å². The molecule has 0 spiro atoms. The minimum atomic E-state index is -3.31. The second kappa shape index (κ2) is 9.77. The lowest BCUT2D eigenvalue weighted by atomic mass is 10.1. The second-order valence-corrected chi connectivity index (χ2v) is 7.81. The second-order valence-electron chi connectivity index (χ2n) is 5.93. The van der Waals surface area contributed by atoms with Gasteiger partial charge in [-0.25, -0.2) is 0 Å². The van der Waals surface area contributed by atoms with E-state index >= 15 is 0 Å². The summed E-state index contributed by atoms with van der Waals surface area (Å²) >= 11 is 0. The van der Waals surface area contributed by atoms with E-state index in [1.165, 1.54) is 0 Å². The molecule has 1 aliphatic rings. The summed E-state index contributed by atoms with van der Waals surface area (Å²) in [5.41, 5.74) is 0. The van der Waals surface area contributed by atoms with Crippen molar-refractivity contribution in [2.75, 3.05) is 33.2 Å². The largest absolute Gasteiger partial charge is 0.318 e. The van der Waals surface area contributed by atoms with Crippen molar-refractivity contribution in [3.63, 3.8) is 0 Å². The molecule has 0 aromatic heterocycles. The summed E-state index contributed by atoms with van der Waals surface area (Å²) in [6, 6.07) is 0.111. The number of likely N-dealkylation sites (N-methyl/N-ethyl adjacent to an activating group) is 1. The molecule has 1 N–H and O–H groups in total. The van der Waals surface area contributed by atoms with Gasteiger partial charge in [0, 0.05) is 32.2 Å². The van der Waals surface area contributed by atoms with Gasteiger partial charge in [0.15, 0.2) is 0 Å². The number of rotatable bonds is 10. The summed E-state index contributed by atoms with van der Waals surface area (Å²) in [5, 5.41) is 3.14. The van der Waals surface area contributed by atoms with Crippen molar-refractivity contribution in [1.82, 2.24) is 13.9 Å². The van der Waals surface area contributed by atoms with Crippen molar-refractivity contribution in [2.24, 2.45) is 0 Å². The van der Waals surface area contributed by atoms with Crippen LogP contribution in [0.5, 0.6) is 0 Å². The van der Waals surface area contributed by atoms with E-state index in [1.54, 1.807) is 8.61 Å². The molecule has 0 saturated carbocycles. The first-order valence-electron chi connectivity index (χ1n) is 8.49. The molecule has 0 radical (unpaired) electrons. The van der Waals surface area contributed by atoms with Gasteiger partial charge in [-0.1, -0.05) is 33.1 Å². The number of nitrogens with one attached hydrogen (secondary N) is 1. The summed E-state index contributed by atoms with van der Waals surface area (Å²) < 4.78 is 29.5. The number of hydrogen-bond donors (Lipinski definition) is 1. The average Bonchev–Trinajstić information content (AvgIpc) is 2.48. The topological polar surface area (TPSA) is 52.7 Å². The molecule has 5 nitrogen and oxygen atoms in total. The van der Waals surface area contributed by atoms with Gasteiger partial charge in [0.25, 0.3) is 10.2 Å². The Labute approximate surface area is 131 Å². The third-order valence-corrected chi connectivity index (χ3v) is 6.25. The van der Waals surface area contributed by atoms with Crippen LogP contribution in [0.1, 0.15) is 58.8 Å². The van der Waals surface area contributed by atoms with Gasteiger partial charge in [0.2, 0.25) is 0 Å². The molecule has 0 aromatic carbocycles. The first kappa shape index (κ1) is 18.9. The third-order valence-electron chi connectivity index (χ3n) is 4.16. The standard InChI is InChI=1S/C15H33N3O2S/c1-4-6-11-17(12-7-5-2)21(19,20)18-13-9-8-10-15(18)14-16-3/h15-16H,4-14H2,1-3H3. The van der Waals surface area contributed by atoms with E-state index in [0.717, 1.165) is 51.5 Å². The number of piperidine rings is 1. The third kappa shape index (κ3) is 5.51. The molecule has 126 valence electrons. The molecular formula is C15H33N3O2S. The molecule has 0 aromatic rings. The fourth-order valence-corrected chi connectivity index (χ4v) is 4.81. The highest BCUT2D eigenvalue weighted by molar-refractivity contribution is 7.86. The molecule has 1 rings (SSSR count). The lowest BCUT2D eigenvalue weighted by Gasteiger charge is -2.38. The van der Waals surface area contributed by atoms with Crippen LogP contribution < -0.4 is 5.32 Å². The summed E-state index contributed by atoms with van der Waals surface area (Å²) in [6.45, 7) is 6.94. The molecule has 0 aliphatic carbocycles. The van der Waals surface area contributed by atoms with E-state index in [1.807, 2.05) is 7.05 Å². The van der Waals surface area contributed by atoms with Gasteiger partial charge in [0.1, 0.15) is 0 Å². The summed E-state index contributed by atoms with van der Waals surface area (Å²) in [5.74, 6) is 0. The van der Waals surface area contributed by atoms with Gasteiger partial charge < -0.3 is 5.32 Å². The molecule has 1 saturated heterocycles. The molecule has 0 amide bonds. The Morgan fingerprint density at radius 2 is 1.76 bits per heavy atom. The van der Waals surface area contributed by atoms with Crippen LogP contribution in [-0.4, -0.2) is 56.3 Å². The van der Waals surface area contributed by atoms with Crippen LogP contribution in [-0.2, 0) is 10.2 Å². The van der Waals surface area contributed by atoms with Gasteiger partial charge in [0.05, 0.1) is 0 Å². The molecule has 0 bridgehead atoms. The Hall–Kier alpha value is -0.170. The van der Waals surface area contributed by atoms with Crippen molar-refractivity contribution in [3.8, 4) is 0 Å². The number of unbranched alkanes of at least 4 members (excludes halogenated alkanes) is 2. The lowest BCUT2D eigenvalue weighted by Crippen LogP contribution is -2.53. The molecule has 1 unspecified atom stereocenters. The summed E-state index contributed by atoms with van der Waals surface area (Å²) in [6.07, 6.45) is 7.00. The van der Waals surface area contributed by atoms with Crippen LogP contribution in [0.25, 0.3) is 0 Å². The van der Waals surface area contributed by atoms with E-state index < -0.39 is 10.2 Å². The van der Waals surface area contributed by atoms with E-state index in [4.69, 9.17) is 0 Å². The maximum Gasteiger partial charge on any atom is 0.282 e. The molecular weight excluding hydrogens is 286 g/mol. The van der Waals surface area contributed by atoms with Crippen molar-refractivity contribution < 1.29 is 8.42 Å². The van der Waals surface area contributed by atoms with Gasteiger partial charge in [-0.3, -0.25) is 0 Å². The van der Waals surface area contributed by atoms with Crippen LogP contribution in [0, 0.1) is 0 Å². The minimum absolute atomic E-state index is 0.111. The Bertz CT molecular complexity index is 363. The van der Waals surface area contributed by atoms with Crippen LogP contribution in [0.2, 0.25) is 0 Å². The molecule has 6 heteroatoms. The van der Waals surface area contributed by atoms with Gasteiger partial charge >= 0.3 is 0 Å². The minimum Gasteiger partial charge on any atom is -0.318 e. The SMILES string of the molecule is CCCCN(CCCC)S(=O)(=O)N1CCCCC1CNC. The summed E-state index contributed by atoms with van der Waals surface area (Å²) in [7, 11) is -1.42. The fourth-order valence-electron chi connectivity index (χ4n) is 2.88. The van der Waals surface area contributed by atoms with E-state index in [0.29, 0.717) is 19.6 Å². The van der Waals surface area contributed by atoms with Crippen LogP contribution in [0.3, 0.4) is 0 Å². The average molecular weight is 320 g/mol. The number of nitrogens with zero attached hydrogens (tertiary/aromatic N) is 2. The Morgan fingerprint density at radius 3 is 2.29 bits per heavy atom. The van der Waals surface area contributed by atoms with Crippen molar-refractivity contribution in [2.45, 2.75) is 64.8 Å². The first-order chi connectivity index (χ1) is 10.1. The van der Waals surface area contributed by atoms with Crippen LogP contribution in [0.4, 0.5) is 0 Å². The quantitative estimate of drug-likeness (QED) is 0.672. The normalized spacial score (nSPS) is 21.0. The highest BCUT2D eigenvalue weighted by Gasteiger charge is 2.35. The zero-order valence-corrected chi connectivity index (χ0v) is 14.8. The fraction of sp³-hybridized carbons (Fsp3) is 1.00. The van der Waals surface area contributed by atoms with Crippen LogP contribution >= 0.6 is 0 Å². The predicted octanol–water partition coefficient (Wildman–Crippen LogP) is 2.21. The zero-order valence-electron chi connectivity index (χ0n) is 14.0. The lowest BCUT2D eigenvalue weighted by molar-refractivity contribution is 0.227. The van der Waals surface area contributed by atoms with Gasteiger partial charge in [-0.05, 0) is 32.7 Å². The Kier molecular flexibility index (Phi) is 8.78. The monoisotopic (exact) mass is 319 g/mol. The Morgan fingerprint density at radius 1 is 1.14 bits per heavy atom. The van der Waals surface area contributed by atoms with E-state index in [-0.39, 0.29) is 6.04 Å². The van der Waals surface area contributed by atoms with E-state index in [9.17, 15) is 8.42 Å². The summed E-state index contributed by atoms with van der Waals surface area (Å²) in [4.78, 5) is 0. The highest BCUT2D eigenvalue weighted by atomic mass is 32.2. The van der Waals surface area contributed by atoms with Gasteiger partial charge in [-0.15, -0.1) is 0 Å². The highest BCUT2D eigenvalue weighted by Crippen LogP contribution is 2.23. The molecule has 1 aliphatic heterocycles. The Balaban J connectivity index is 2.84. The number of hydrogen-bond acceptors (Lipinski definition) is 3. The van der Waals surface area contributed by atoms with Crippen LogP contribution in [0.15, 0.2) is 0 Å². The molecule has 1 fully saturated rings. The van der Waals surface area contributed by atoms with Crippen molar-refractivity contribution in [3.05, 3.63) is 0 Å². The van der Waals surface area contributed by atoms with Gasteiger partial charge in [-0.2, -0.15) is 17.0 Å².